The van der Waals surface area contributed by atoms with E-state index in [9.17, 15) is 0 Å². The van der Waals surface area contributed by atoms with Gasteiger partial charge in [-0.2, -0.15) is 5.10 Å². The molecule has 4 heteroatoms. The third-order valence-electron chi connectivity index (χ3n) is 1.89. The molecule has 0 aromatic carbocycles. The first-order valence-corrected chi connectivity index (χ1v) is 4.24. The summed E-state index contributed by atoms with van der Waals surface area (Å²) in [4.78, 5) is 8.48. The van der Waals surface area contributed by atoms with Crippen molar-refractivity contribution in [2.75, 3.05) is 0 Å². The van der Waals surface area contributed by atoms with Gasteiger partial charge in [0.2, 0.25) is 0 Å². The van der Waals surface area contributed by atoms with Crippen LogP contribution >= 0.6 is 0 Å². The first kappa shape index (κ1) is 8.16. The Bertz CT molecular complexity index is 391. The second kappa shape index (κ2) is 2.52. The van der Waals surface area contributed by atoms with Crippen LogP contribution in [-0.4, -0.2) is 19.6 Å². The highest BCUT2D eigenvalue weighted by Gasteiger charge is 2.17. The van der Waals surface area contributed by atoms with Crippen LogP contribution in [0.4, 0.5) is 0 Å². The molecule has 0 unspecified atom stereocenters. The molecule has 2 rings (SSSR count). The maximum absolute atomic E-state index is 4.37. The van der Waals surface area contributed by atoms with Gasteiger partial charge in [0, 0.05) is 5.41 Å². The second-order valence-corrected chi connectivity index (χ2v) is 4.06. The average Bonchev–Trinajstić information content (AvgIpc) is 2.45. The highest BCUT2D eigenvalue weighted by molar-refractivity contribution is 5.29. The molecule has 0 fully saturated rings. The van der Waals surface area contributed by atoms with Gasteiger partial charge in [0.15, 0.2) is 0 Å². The third-order valence-corrected chi connectivity index (χ3v) is 1.89. The van der Waals surface area contributed by atoms with E-state index < -0.39 is 0 Å². The number of fused-ring (bicyclic) bond motifs is 1. The molecule has 0 bridgehead atoms. The first-order chi connectivity index (χ1) is 6.07. The van der Waals surface area contributed by atoms with E-state index in [0.717, 1.165) is 5.69 Å². The fourth-order valence-electron chi connectivity index (χ4n) is 1.10. The van der Waals surface area contributed by atoms with Crippen LogP contribution < -0.4 is 0 Å². The van der Waals surface area contributed by atoms with Crippen LogP contribution in [0.15, 0.2) is 18.6 Å². The van der Waals surface area contributed by atoms with Gasteiger partial charge >= 0.3 is 0 Å². The quantitative estimate of drug-likeness (QED) is 0.609. The summed E-state index contributed by atoms with van der Waals surface area (Å²) in [6.07, 6.45) is 5.22. The van der Waals surface area contributed by atoms with E-state index in [4.69, 9.17) is 0 Å². The Morgan fingerprint density at radius 3 is 2.62 bits per heavy atom. The van der Waals surface area contributed by atoms with Crippen LogP contribution in [0.5, 0.6) is 0 Å². The first-order valence-electron chi connectivity index (χ1n) is 4.24. The maximum Gasteiger partial charge on any atom is 0.250 e. The molecule has 4 nitrogen and oxygen atoms in total. The molecule has 2 heterocycles. The highest BCUT2D eigenvalue weighted by atomic mass is 15.3. The largest absolute Gasteiger partial charge is 0.250 e. The van der Waals surface area contributed by atoms with Gasteiger partial charge in [-0.15, -0.1) is 0 Å². The number of nitrogens with zero attached hydrogens (tertiary/aromatic N) is 4. The SMILES string of the molecule is CC(C)(C)c1cn2nccnc2n1. The van der Waals surface area contributed by atoms with Crippen molar-refractivity contribution in [2.24, 2.45) is 0 Å². The molecule has 0 atom stereocenters. The van der Waals surface area contributed by atoms with E-state index in [1.54, 1.807) is 16.9 Å². The van der Waals surface area contributed by atoms with Crippen molar-refractivity contribution in [3.05, 3.63) is 24.3 Å². The number of rotatable bonds is 0. The lowest BCUT2D eigenvalue weighted by Crippen LogP contribution is -2.11. The summed E-state index contributed by atoms with van der Waals surface area (Å²) in [6.45, 7) is 6.36. The van der Waals surface area contributed by atoms with Crippen molar-refractivity contribution in [1.29, 1.82) is 0 Å². The van der Waals surface area contributed by atoms with Crippen LogP contribution in [0.1, 0.15) is 26.5 Å². The van der Waals surface area contributed by atoms with Crippen molar-refractivity contribution in [2.45, 2.75) is 26.2 Å². The van der Waals surface area contributed by atoms with Gasteiger partial charge in [0.05, 0.1) is 24.3 Å². The minimum absolute atomic E-state index is 0.0510. The molecule has 2 aromatic heterocycles. The molecule has 0 amide bonds. The lowest BCUT2D eigenvalue weighted by atomic mass is 9.93. The summed E-state index contributed by atoms with van der Waals surface area (Å²) in [7, 11) is 0. The third kappa shape index (κ3) is 1.39. The Labute approximate surface area is 76.6 Å². The minimum Gasteiger partial charge on any atom is -0.218 e. The molecule has 0 spiro atoms. The zero-order valence-corrected chi connectivity index (χ0v) is 8.02. The summed E-state index contributed by atoms with van der Waals surface area (Å²) in [5.74, 6) is 0.660. The Kier molecular flexibility index (Phi) is 1.58. The molecule has 0 N–H and O–H groups in total. The lowest BCUT2D eigenvalue weighted by molar-refractivity contribution is 0.572. The van der Waals surface area contributed by atoms with Gasteiger partial charge in [-0.1, -0.05) is 20.8 Å². The van der Waals surface area contributed by atoms with E-state index >= 15 is 0 Å². The zero-order valence-electron chi connectivity index (χ0n) is 8.02. The molecule has 0 saturated carbocycles. The van der Waals surface area contributed by atoms with Crippen molar-refractivity contribution >= 4 is 5.78 Å². The Hall–Kier alpha value is -1.45. The Morgan fingerprint density at radius 2 is 2.00 bits per heavy atom. The van der Waals surface area contributed by atoms with Crippen molar-refractivity contribution < 1.29 is 0 Å². The topological polar surface area (TPSA) is 43.1 Å². The summed E-state index contributed by atoms with van der Waals surface area (Å²) >= 11 is 0. The van der Waals surface area contributed by atoms with E-state index in [0.29, 0.717) is 5.78 Å². The number of hydrogen-bond donors (Lipinski definition) is 0. The average molecular weight is 176 g/mol. The molecule has 13 heavy (non-hydrogen) atoms. The second-order valence-electron chi connectivity index (χ2n) is 4.06. The van der Waals surface area contributed by atoms with Crippen molar-refractivity contribution in [1.82, 2.24) is 19.6 Å². The van der Waals surface area contributed by atoms with Crippen LogP contribution in [0.3, 0.4) is 0 Å². The Morgan fingerprint density at radius 1 is 1.23 bits per heavy atom. The Balaban J connectivity index is 2.63. The monoisotopic (exact) mass is 176 g/mol. The summed E-state index contributed by atoms with van der Waals surface area (Å²) < 4.78 is 1.70. The fraction of sp³-hybridized carbons (Fsp3) is 0.444. The molecule has 2 aromatic rings. The van der Waals surface area contributed by atoms with E-state index in [1.165, 1.54) is 0 Å². The molecular weight excluding hydrogens is 164 g/mol. The zero-order chi connectivity index (χ0) is 9.47. The molecule has 0 aliphatic heterocycles. The predicted molar refractivity (Wildman–Crippen MR) is 49.5 cm³/mol. The predicted octanol–water partition coefficient (Wildman–Crippen LogP) is 1.42. The smallest absolute Gasteiger partial charge is 0.218 e. The van der Waals surface area contributed by atoms with Crippen molar-refractivity contribution in [3.63, 3.8) is 0 Å². The standard InChI is InChI=1S/C9H12N4/c1-9(2,3)7-6-13-8(12-7)10-4-5-11-13/h4-6H,1-3H3. The van der Waals surface area contributed by atoms with Gasteiger partial charge in [-0.05, 0) is 0 Å². The van der Waals surface area contributed by atoms with Crippen LogP contribution in [0.25, 0.3) is 5.78 Å². The van der Waals surface area contributed by atoms with Gasteiger partial charge in [0.25, 0.3) is 5.78 Å². The summed E-state index contributed by atoms with van der Waals surface area (Å²) in [6, 6.07) is 0. The highest BCUT2D eigenvalue weighted by Crippen LogP contribution is 2.20. The van der Waals surface area contributed by atoms with Gasteiger partial charge in [-0.25, -0.2) is 14.5 Å². The molecular formula is C9H12N4. The minimum atomic E-state index is 0.0510. The number of imidazole rings is 1. The normalized spacial score (nSPS) is 12.2. The summed E-state index contributed by atoms with van der Waals surface area (Å²) in [5, 5.41) is 4.11. The molecule has 0 saturated heterocycles. The number of hydrogen-bond acceptors (Lipinski definition) is 3. The molecule has 0 radical (unpaired) electrons. The van der Waals surface area contributed by atoms with E-state index in [-0.39, 0.29) is 5.41 Å². The lowest BCUT2D eigenvalue weighted by Gasteiger charge is -2.13. The molecule has 0 aliphatic rings. The van der Waals surface area contributed by atoms with Gasteiger partial charge in [0.1, 0.15) is 0 Å². The molecule has 68 valence electrons. The molecule has 0 aliphatic carbocycles. The van der Waals surface area contributed by atoms with Gasteiger partial charge < -0.3 is 0 Å². The van der Waals surface area contributed by atoms with Crippen LogP contribution in [0.2, 0.25) is 0 Å². The van der Waals surface area contributed by atoms with Crippen LogP contribution in [0, 0.1) is 0 Å². The van der Waals surface area contributed by atoms with Gasteiger partial charge in [-0.3, -0.25) is 0 Å². The van der Waals surface area contributed by atoms with E-state index in [2.05, 4.69) is 35.8 Å². The fourth-order valence-corrected chi connectivity index (χ4v) is 1.10. The maximum atomic E-state index is 4.37. The van der Waals surface area contributed by atoms with Crippen molar-refractivity contribution in [3.8, 4) is 0 Å². The van der Waals surface area contributed by atoms with Crippen LogP contribution in [-0.2, 0) is 5.41 Å². The number of aromatic nitrogens is 4. The summed E-state index contributed by atoms with van der Waals surface area (Å²) in [5.41, 5.74) is 1.06. The van der Waals surface area contributed by atoms with E-state index in [1.807, 2.05) is 6.20 Å².